The smallest absolute Gasteiger partial charge is 0.306 e. The number of likely N-dealkylation sites (N-methyl/N-ethyl adjacent to an activating group) is 1. The van der Waals surface area contributed by atoms with Crippen LogP contribution in [0, 0.1) is 46.3 Å². The molecule has 0 aromatic carbocycles. The van der Waals surface area contributed by atoms with Gasteiger partial charge in [-0.05, 0) is 162 Å². The molecule has 0 aliphatic heterocycles. The first-order valence-electron chi connectivity index (χ1n) is 32.9. The molecular weight excluding hydrogens is 923 g/mol. The van der Waals surface area contributed by atoms with Gasteiger partial charge < -0.3 is 19.1 Å². The zero-order valence-corrected chi connectivity index (χ0v) is 51.5. The quantitative estimate of drug-likeness (QED) is 0.0287. The topological polar surface area (TPSA) is 72.8 Å². The van der Waals surface area contributed by atoms with Crippen molar-refractivity contribution in [2.45, 2.75) is 311 Å². The number of aliphatic hydroxyl groups excluding tert-OH is 1. The average molecular weight is 1050 g/mol. The Balaban J connectivity index is 0.000000443. The van der Waals surface area contributed by atoms with Crippen LogP contribution in [-0.4, -0.2) is 68.0 Å². The fourth-order valence-corrected chi connectivity index (χ4v) is 14.6. The normalized spacial score (nSPS) is 25.3. The average Bonchev–Trinajstić information content (AvgIpc) is 3.73. The highest BCUT2D eigenvalue weighted by atomic mass is 16.6. The summed E-state index contributed by atoms with van der Waals surface area (Å²) < 4.78 is 12.0. The van der Waals surface area contributed by atoms with Gasteiger partial charge >= 0.3 is 11.9 Å². The molecule has 0 saturated heterocycles. The third-order valence-electron chi connectivity index (χ3n) is 19.0. The lowest BCUT2D eigenvalue weighted by Crippen LogP contribution is -2.50. The Morgan fingerprint density at radius 2 is 1.13 bits per heavy atom. The molecule has 0 aromatic heterocycles. The molecule has 9 atom stereocenters. The Hall–Kier alpha value is -1.92. The number of hydrogen-bond donors (Lipinski definition) is 1. The number of ether oxygens (including phenoxy) is 2. The summed E-state index contributed by atoms with van der Waals surface area (Å²) in [5, 5.41) is 10.2. The molecule has 4 aliphatic carbocycles. The predicted molar refractivity (Wildman–Crippen MR) is 322 cm³/mol. The van der Waals surface area contributed by atoms with Gasteiger partial charge in [0.1, 0.15) is 13.2 Å². The van der Waals surface area contributed by atoms with E-state index in [1.54, 1.807) is 5.57 Å². The number of fused-ring (bicyclic) bond motifs is 5. The Morgan fingerprint density at radius 1 is 0.627 bits per heavy atom. The van der Waals surface area contributed by atoms with Crippen molar-refractivity contribution in [3.63, 3.8) is 0 Å². The molecule has 3 fully saturated rings. The summed E-state index contributed by atoms with van der Waals surface area (Å²) in [6.45, 7) is 17.9. The number of rotatable bonds is 40. The standard InChI is InChI=1S/C42H80NO4.C27H46O/c1-6-8-10-12-14-16-18-20-22-24-26-28-30-32-34-36-41(44)46-39-40(38-43(3,4)5)47-42(45)37-35-33-31-29-27-25-23-21-19-17-15-13-11-9-7-2;1-18(2)7-6-8-19(3)23-11-12-24-22-10-9-20-17-21(28)13-15-26(20,4)25(22)14-16-27(23,24)5/h20-23,40H,6-19,24-39H2,1-5H3;9,18-19,21-25,28H,6-8,10-17H2,1-5H3/q+1;/b22-20-,23-21-;/t;19-,21+,22+,23-,24+,25+,26+,27-/m.1/s1. The second kappa shape index (κ2) is 38.6. The number of quaternary nitrogens is 1. The van der Waals surface area contributed by atoms with Crippen LogP contribution < -0.4 is 0 Å². The van der Waals surface area contributed by atoms with Crippen LogP contribution in [0.5, 0.6) is 0 Å². The molecule has 0 amide bonds. The van der Waals surface area contributed by atoms with Gasteiger partial charge in [0, 0.05) is 12.8 Å². The van der Waals surface area contributed by atoms with E-state index in [2.05, 4.69) is 100.0 Å². The Labute approximate surface area is 466 Å². The highest BCUT2D eigenvalue weighted by Crippen LogP contribution is 2.67. The molecule has 0 spiro atoms. The maximum atomic E-state index is 12.6. The first kappa shape index (κ1) is 67.4. The molecule has 0 heterocycles. The first-order valence-corrected chi connectivity index (χ1v) is 32.9. The second-order valence-corrected chi connectivity index (χ2v) is 27.1. The molecule has 1 N–H and O–H groups in total. The second-order valence-electron chi connectivity index (χ2n) is 27.1. The Bertz CT molecular complexity index is 1580. The van der Waals surface area contributed by atoms with Gasteiger partial charge in [-0.25, -0.2) is 0 Å². The van der Waals surface area contributed by atoms with Crippen molar-refractivity contribution >= 4 is 11.9 Å². The Morgan fingerprint density at radius 3 is 1.65 bits per heavy atom. The highest BCUT2D eigenvalue weighted by Gasteiger charge is 2.59. The van der Waals surface area contributed by atoms with Gasteiger partial charge in [-0.15, -0.1) is 0 Å². The van der Waals surface area contributed by atoms with Crippen LogP contribution >= 0.6 is 0 Å². The molecule has 4 rings (SSSR count). The number of nitrogens with zero attached hydrogens (tertiary/aromatic N) is 1. The van der Waals surface area contributed by atoms with E-state index >= 15 is 0 Å². The van der Waals surface area contributed by atoms with Crippen molar-refractivity contribution in [2.75, 3.05) is 34.3 Å². The van der Waals surface area contributed by atoms with Crippen LogP contribution in [0.25, 0.3) is 0 Å². The lowest BCUT2D eigenvalue weighted by molar-refractivity contribution is -0.873. The Kier molecular flexibility index (Phi) is 34.7. The molecule has 0 bridgehead atoms. The van der Waals surface area contributed by atoms with Gasteiger partial charge in [-0.1, -0.05) is 206 Å². The van der Waals surface area contributed by atoms with Gasteiger partial charge in [-0.3, -0.25) is 9.59 Å². The van der Waals surface area contributed by atoms with E-state index in [0.717, 1.165) is 86.9 Å². The van der Waals surface area contributed by atoms with Crippen molar-refractivity contribution in [1.29, 1.82) is 0 Å². The maximum Gasteiger partial charge on any atom is 0.306 e. The highest BCUT2D eigenvalue weighted by molar-refractivity contribution is 5.70. The molecular formula is C69H126NO5+. The lowest BCUT2D eigenvalue weighted by atomic mass is 9.47. The van der Waals surface area contributed by atoms with Crippen molar-refractivity contribution in [3.8, 4) is 0 Å². The molecule has 3 saturated carbocycles. The fraction of sp³-hybridized carbons (Fsp3) is 0.884. The van der Waals surface area contributed by atoms with E-state index in [9.17, 15) is 14.7 Å². The van der Waals surface area contributed by atoms with E-state index in [0.29, 0.717) is 34.7 Å². The molecule has 6 nitrogen and oxygen atoms in total. The molecule has 1 unspecified atom stereocenters. The van der Waals surface area contributed by atoms with E-state index in [-0.39, 0.29) is 24.6 Å². The monoisotopic (exact) mass is 1050 g/mol. The summed E-state index contributed by atoms with van der Waals surface area (Å²) in [7, 11) is 6.20. The minimum atomic E-state index is -0.399. The van der Waals surface area contributed by atoms with Crippen molar-refractivity contribution in [2.24, 2.45) is 46.3 Å². The van der Waals surface area contributed by atoms with Crippen molar-refractivity contribution < 1.29 is 28.7 Å². The van der Waals surface area contributed by atoms with Crippen LogP contribution in [0.3, 0.4) is 0 Å². The lowest BCUT2D eigenvalue weighted by Gasteiger charge is -2.58. The van der Waals surface area contributed by atoms with Crippen LogP contribution in [0.1, 0.15) is 299 Å². The number of allylic oxidation sites excluding steroid dienone is 5. The summed E-state index contributed by atoms with van der Waals surface area (Å²) in [4.78, 5) is 24.9. The van der Waals surface area contributed by atoms with Crippen molar-refractivity contribution in [1.82, 2.24) is 0 Å². The van der Waals surface area contributed by atoms with Crippen molar-refractivity contribution in [3.05, 3.63) is 36.0 Å². The molecule has 6 heteroatoms. The number of aliphatic hydroxyl groups is 1. The van der Waals surface area contributed by atoms with Crippen LogP contribution in [0.2, 0.25) is 0 Å². The molecule has 0 radical (unpaired) electrons. The summed E-state index contributed by atoms with van der Waals surface area (Å²) in [6, 6.07) is 0. The van der Waals surface area contributed by atoms with Gasteiger partial charge in [-0.2, -0.15) is 0 Å². The minimum Gasteiger partial charge on any atom is -0.461 e. The molecule has 75 heavy (non-hydrogen) atoms. The largest absolute Gasteiger partial charge is 0.461 e. The third kappa shape index (κ3) is 27.2. The molecule has 0 aromatic rings. The summed E-state index contributed by atoms with van der Waals surface area (Å²) in [6.07, 6.45) is 59.2. The van der Waals surface area contributed by atoms with Gasteiger partial charge in [0.05, 0.1) is 27.2 Å². The van der Waals surface area contributed by atoms with Gasteiger partial charge in [0.15, 0.2) is 6.10 Å². The van der Waals surface area contributed by atoms with Gasteiger partial charge in [0.2, 0.25) is 0 Å². The maximum absolute atomic E-state index is 12.6. The van der Waals surface area contributed by atoms with Gasteiger partial charge in [0.25, 0.3) is 0 Å². The third-order valence-corrected chi connectivity index (χ3v) is 19.0. The summed E-state index contributed by atoms with van der Waals surface area (Å²) in [5.74, 6) is 5.11. The van der Waals surface area contributed by atoms with Crippen LogP contribution in [0.4, 0.5) is 0 Å². The SMILES string of the molecule is CC(C)CCC[C@@H](C)[C@H]1CC[C@H]2[C@@H]3CC=C4C[C@@H](O)CC[C@]4(C)[C@H]3CC[C@]12C.CCCCCCCC/C=C\CCCCCCCC(=O)OCC(C[N+](C)(C)C)OC(=O)CCCCCCC/C=C\CCCCCCCC. The number of unbranched alkanes of at least 4 members (excludes halogenated alkanes) is 22. The van der Waals surface area contributed by atoms with E-state index in [1.165, 1.54) is 186 Å². The van der Waals surface area contributed by atoms with E-state index in [4.69, 9.17) is 9.47 Å². The van der Waals surface area contributed by atoms with Crippen LogP contribution in [-0.2, 0) is 19.1 Å². The molecule has 436 valence electrons. The van der Waals surface area contributed by atoms with E-state index in [1.807, 2.05) is 0 Å². The summed E-state index contributed by atoms with van der Waals surface area (Å²) >= 11 is 0. The van der Waals surface area contributed by atoms with E-state index < -0.39 is 6.10 Å². The number of hydrogen-bond acceptors (Lipinski definition) is 5. The first-order chi connectivity index (χ1) is 36.0. The van der Waals surface area contributed by atoms with Crippen LogP contribution in [0.15, 0.2) is 36.0 Å². The predicted octanol–water partition coefficient (Wildman–Crippen LogP) is 19.6. The number of esters is 2. The summed E-state index contributed by atoms with van der Waals surface area (Å²) in [5.41, 5.74) is 2.60. The zero-order chi connectivity index (χ0) is 54.8. The minimum absolute atomic E-state index is 0.0766. The number of carbonyl (C=O) groups excluding carboxylic acids is 2. The zero-order valence-electron chi connectivity index (χ0n) is 51.5. The number of carbonyl (C=O) groups is 2. The fourth-order valence-electron chi connectivity index (χ4n) is 14.6. The molecule has 4 aliphatic rings.